The van der Waals surface area contributed by atoms with Gasteiger partial charge in [0.15, 0.2) is 0 Å². The van der Waals surface area contributed by atoms with E-state index in [9.17, 15) is 13.2 Å². The largest absolute Gasteiger partial charge is 0.497 e. The van der Waals surface area contributed by atoms with Gasteiger partial charge in [-0.1, -0.05) is 30.3 Å². The Bertz CT molecular complexity index is 1140. The number of ether oxygens (including phenoxy) is 2. The van der Waals surface area contributed by atoms with Gasteiger partial charge in [0.1, 0.15) is 12.4 Å². The van der Waals surface area contributed by atoms with Gasteiger partial charge in [-0.3, -0.25) is 4.79 Å². The molecule has 1 unspecified atom stereocenters. The summed E-state index contributed by atoms with van der Waals surface area (Å²) in [6.45, 7) is 3.71. The number of amides is 1. The summed E-state index contributed by atoms with van der Waals surface area (Å²) in [4.78, 5) is 15.0. The minimum atomic E-state index is -3.69. The molecular formula is C29H43N3O5S. The molecule has 0 aromatic heterocycles. The molecule has 0 heterocycles. The van der Waals surface area contributed by atoms with Crippen molar-refractivity contribution in [2.45, 2.75) is 56.5 Å². The molecule has 2 aromatic rings. The van der Waals surface area contributed by atoms with Gasteiger partial charge >= 0.3 is 0 Å². The molecule has 210 valence electrons. The van der Waals surface area contributed by atoms with Crippen LogP contribution in [0.1, 0.15) is 48.4 Å². The van der Waals surface area contributed by atoms with E-state index in [-0.39, 0.29) is 36.6 Å². The van der Waals surface area contributed by atoms with Crippen LogP contribution in [-0.4, -0.2) is 77.6 Å². The second kappa shape index (κ2) is 13.6. The molecule has 1 amide bonds. The molecule has 1 fully saturated rings. The minimum Gasteiger partial charge on any atom is -0.497 e. The smallest absolute Gasteiger partial charge is 0.246 e. The number of likely N-dealkylation sites (N-methyl/N-ethyl adjacent to an activating group) is 1. The summed E-state index contributed by atoms with van der Waals surface area (Å²) in [5.74, 6) is 1.01. The zero-order valence-electron chi connectivity index (χ0n) is 23.6. The van der Waals surface area contributed by atoms with Crippen LogP contribution in [0.15, 0.2) is 47.4 Å². The molecule has 0 radical (unpaired) electrons. The third-order valence-corrected chi connectivity index (χ3v) is 9.57. The predicted molar refractivity (Wildman–Crippen MR) is 150 cm³/mol. The van der Waals surface area contributed by atoms with Gasteiger partial charge in [0.05, 0.1) is 18.6 Å². The highest BCUT2D eigenvalue weighted by molar-refractivity contribution is 7.89. The van der Waals surface area contributed by atoms with Crippen molar-refractivity contribution in [3.8, 4) is 5.75 Å². The molecule has 9 heteroatoms. The molecule has 1 atom stereocenters. The lowest BCUT2D eigenvalue weighted by molar-refractivity contribution is -0.126. The Hall–Kier alpha value is -2.46. The normalized spacial score (nSPS) is 18.9. The Labute approximate surface area is 228 Å². The fraction of sp³-hybridized carbons (Fsp3) is 0.552. The summed E-state index contributed by atoms with van der Waals surface area (Å²) >= 11 is 0. The zero-order chi connectivity index (χ0) is 27.9. The van der Waals surface area contributed by atoms with E-state index in [1.165, 1.54) is 16.9 Å². The van der Waals surface area contributed by atoms with Gasteiger partial charge in [-0.2, -0.15) is 4.31 Å². The fourth-order valence-corrected chi connectivity index (χ4v) is 7.12. The van der Waals surface area contributed by atoms with E-state index in [4.69, 9.17) is 9.47 Å². The number of hydrogen-bond acceptors (Lipinski definition) is 6. The van der Waals surface area contributed by atoms with Crippen molar-refractivity contribution in [2.75, 3.05) is 48.0 Å². The molecule has 0 aliphatic heterocycles. The second-order valence-corrected chi connectivity index (χ2v) is 12.4. The molecule has 8 nitrogen and oxygen atoms in total. The Kier molecular flexibility index (Phi) is 10.7. The number of carbonyl (C=O) groups is 1. The summed E-state index contributed by atoms with van der Waals surface area (Å²) in [7, 11) is 3.65. The van der Waals surface area contributed by atoms with E-state index >= 15 is 0 Å². The highest BCUT2D eigenvalue weighted by Gasteiger charge is 2.30. The van der Waals surface area contributed by atoms with Crippen LogP contribution in [0, 0.1) is 19.8 Å². The number of carbonyl (C=O) groups excluding carboxylic acids is 1. The van der Waals surface area contributed by atoms with Gasteiger partial charge in [0.25, 0.3) is 0 Å². The highest BCUT2D eigenvalue weighted by Crippen LogP contribution is 2.37. The van der Waals surface area contributed by atoms with Gasteiger partial charge in [-0.25, -0.2) is 8.42 Å². The number of rotatable bonds is 12. The van der Waals surface area contributed by atoms with Gasteiger partial charge in [0, 0.05) is 25.7 Å². The van der Waals surface area contributed by atoms with Crippen molar-refractivity contribution < 1.29 is 22.7 Å². The Morgan fingerprint density at radius 3 is 2.18 bits per heavy atom. The maximum Gasteiger partial charge on any atom is 0.246 e. The van der Waals surface area contributed by atoms with Gasteiger partial charge in [-0.15, -0.1) is 0 Å². The number of nitrogens with one attached hydrogen (secondary N) is 1. The van der Waals surface area contributed by atoms with Crippen LogP contribution >= 0.6 is 0 Å². The summed E-state index contributed by atoms with van der Waals surface area (Å²) in [6.07, 6.45) is 3.98. The van der Waals surface area contributed by atoms with E-state index in [1.807, 2.05) is 6.07 Å². The van der Waals surface area contributed by atoms with Gasteiger partial charge in [-0.05, 0) is 88.4 Å². The number of methoxy groups -OCH3 is 1. The van der Waals surface area contributed by atoms with E-state index in [1.54, 1.807) is 33.1 Å². The van der Waals surface area contributed by atoms with E-state index in [2.05, 4.69) is 48.6 Å². The Morgan fingerprint density at radius 2 is 1.63 bits per heavy atom. The first kappa shape index (κ1) is 30.1. The van der Waals surface area contributed by atoms with Crippen LogP contribution in [0.25, 0.3) is 0 Å². The fourth-order valence-electron chi connectivity index (χ4n) is 5.56. The van der Waals surface area contributed by atoms with Crippen molar-refractivity contribution in [1.29, 1.82) is 0 Å². The Balaban J connectivity index is 1.42. The lowest BCUT2D eigenvalue weighted by Gasteiger charge is -2.37. The molecule has 1 N–H and O–H groups in total. The minimum absolute atomic E-state index is 0.0846. The summed E-state index contributed by atoms with van der Waals surface area (Å²) in [5.41, 5.74) is 2.59. The molecule has 1 aliphatic carbocycles. The molecular weight excluding hydrogens is 502 g/mol. The third-order valence-electron chi connectivity index (χ3n) is 7.40. The van der Waals surface area contributed by atoms with Crippen LogP contribution in [0.3, 0.4) is 0 Å². The number of sulfonamides is 1. The van der Waals surface area contributed by atoms with Crippen LogP contribution < -0.4 is 10.1 Å². The number of aryl methyl sites for hydroxylation is 2. The second-order valence-electron chi connectivity index (χ2n) is 10.5. The first-order chi connectivity index (χ1) is 18.0. The zero-order valence-corrected chi connectivity index (χ0v) is 24.4. The lowest BCUT2D eigenvalue weighted by Crippen LogP contribution is -2.41. The van der Waals surface area contributed by atoms with E-state index < -0.39 is 10.0 Å². The summed E-state index contributed by atoms with van der Waals surface area (Å²) in [5, 5.41) is 3.10. The average molecular weight is 546 g/mol. The van der Waals surface area contributed by atoms with Crippen molar-refractivity contribution in [3.63, 3.8) is 0 Å². The monoisotopic (exact) mass is 545 g/mol. The summed E-state index contributed by atoms with van der Waals surface area (Å²) < 4.78 is 38.3. The van der Waals surface area contributed by atoms with Gasteiger partial charge in [0.2, 0.25) is 15.9 Å². The topological polar surface area (TPSA) is 88.2 Å². The SMILES string of the molecule is COc1cc(C)c(S(=O)(=O)N(C)CCOCC(=O)NC2CCC(C(c3ccccc3)N(C)C)CC2)c(C)c1. The van der Waals surface area contributed by atoms with Crippen molar-refractivity contribution in [3.05, 3.63) is 59.2 Å². The number of nitrogens with zero attached hydrogens (tertiary/aromatic N) is 2. The molecule has 2 aromatic carbocycles. The maximum absolute atomic E-state index is 13.1. The van der Waals surface area contributed by atoms with Crippen molar-refractivity contribution in [2.24, 2.45) is 5.92 Å². The molecule has 0 saturated heterocycles. The first-order valence-corrected chi connectivity index (χ1v) is 14.7. The van der Waals surface area contributed by atoms with Crippen LogP contribution in [0.4, 0.5) is 0 Å². The van der Waals surface area contributed by atoms with Crippen LogP contribution in [-0.2, 0) is 19.6 Å². The van der Waals surface area contributed by atoms with Crippen LogP contribution in [0.2, 0.25) is 0 Å². The predicted octanol–water partition coefficient (Wildman–Crippen LogP) is 3.93. The molecule has 3 rings (SSSR count). The molecule has 1 saturated carbocycles. The number of benzene rings is 2. The molecule has 38 heavy (non-hydrogen) atoms. The van der Waals surface area contributed by atoms with E-state index in [0.29, 0.717) is 28.8 Å². The molecule has 0 spiro atoms. The van der Waals surface area contributed by atoms with Crippen LogP contribution in [0.5, 0.6) is 5.75 Å². The lowest BCUT2D eigenvalue weighted by atomic mass is 9.78. The average Bonchev–Trinajstić information content (AvgIpc) is 2.87. The Morgan fingerprint density at radius 1 is 1.03 bits per heavy atom. The molecule has 1 aliphatic rings. The highest BCUT2D eigenvalue weighted by atomic mass is 32.2. The first-order valence-electron chi connectivity index (χ1n) is 13.2. The third kappa shape index (κ3) is 7.56. The van der Waals surface area contributed by atoms with E-state index in [0.717, 1.165) is 25.7 Å². The van der Waals surface area contributed by atoms with Crippen molar-refractivity contribution in [1.82, 2.24) is 14.5 Å². The summed E-state index contributed by atoms with van der Waals surface area (Å²) in [6, 6.07) is 14.5. The standard InChI is InChI=1S/C29H43N3O5S/c1-21-18-26(36-6)19-22(2)29(21)38(34,35)32(5)16-17-37-20-27(33)30-25-14-12-24(13-15-25)28(31(3)4)23-10-8-7-9-11-23/h7-11,18-19,24-25,28H,12-17,20H2,1-6H3,(H,30,33). The molecule has 0 bridgehead atoms. The van der Waals surface area contributed by atoms with Gasteiger partial charge < -0.3 is 19.7 Å². The van der Waals surface area contributed by atoms with Crippen molar-refractivity contribution >= 4 is 15.9 Å². The number of hydrogen-bond donors (Lipinski definition) is 1. The quantitative estimate of drug-likeness (QED) is 0.407. The maximum atomic E-state index is 13.1.